The summed E-state index contributed by atoms with van der Waals surface area (Å²) in [5.74, 6) is -0.491. The van der Waals surface area contributed by atoms with E-state index in [4.69, 9.17) is 39.9 Å². The smallest absolute Gasteiger partial charge is 0.251 e. The monoisotopic (exact) mass is 406 g/mol. The zero-order chi connectivity index (χ0) is 18.1. The van der Waals surface area contributed by atoms with Crippen LogP contribution in [-0.4, -0.2) is 14.3 Å². The molecule has 0 heterocycles. The molecule has 0 fully saturated rings. The van der Waals surface area contributed by atoms with Crippen molar-refractivity contribution < 1.29 is 13.2 Å². The topological polar surface area (TPSA) is 89.3 Å². The maximum atomic E-state index is 12.3. The molecule has 1 unspecified atom stereocenters. The summed E-state index contributed by atoms with van der Waals surface area (Å²) in [5, 5.41) is 8.65. The molecule has 3 N–H and O–H groups in total. The zero-order valence-corrected chi connectivity index (χ0v) is 15.5. The second kappa shape index (κ2) is 7.29. The van der Waals surface area contributed by atoms with Gasteiger partial charge in [-0.2, -0.15) is 0 Å². The van der Waals surface area contributed by atoms with Crippen LogP contribution in [0.3, 0.4) is 0 Å². The molecule has 0 aromatic heterocycles. The Morgan fingerprint density at radius 3 is 2.33 bits per heavy atom. The SMILES string of the molecule is CC(NC(=O)c1ccc(Cl)c(S(N)(=O)=O)c1)c1ccc(Cl)cc1Cl. The maximum Gasteiger partial charge on any atom is 0.251 e. The molecule has 1 atom stereocenters. The molecule has 0 bridgehead atoms. The van der Waals surface area contributed by atoms with Crippen LogP contribution in [-0.2, 0) is 10.0 Å². The third kappa shape index (κ3) is 4.40. The van der Waals surface area contributed by atoms with Crippen molar-refractivity contribution in [1.82, 2.24) is 5.32 Å². The number of halogens is 3. The minimum Gasteiger partial charge on any atom is -0.345 e. The summed E-state index contributed by atoms with van der Waals surface area (Å²) in [6, 6.07) is 8.35. The van der Waals surface area contributed by atoms with Crippen LogP contribution in [0.15, 0.2) is 41.3 Å². The van der Waals surface area contributed by atoms with E-state index in [0.29, 0.717) is 15.6 Å². The number of hydrogen-bond donors (Lipinski definition) is 2. The van der Waals surface area contributed by atoms with Gasteiger partial charge in [0.25, 0.3) is 5.91 Å². The number of benzene rings is 2. The second-order valence-electron chi connectivity index (χ2n) is 5.05. The van der Waals surface area contributed by atoms with Crippen LogP contribution in [0.1, 0.15) is 28.9 Å². The minimum atomic E-state index is -4.03. The van der Waals surface area contributed by atoms with Gasteiger partial charge in [0.15, 0.2) is 0 Å². The average molecular weight is 408 g/mol. The summed E-state index contributed by atoms with van der Waals surface area (Å²) in [7, 11) is -4.03. The average Bonchev–Trinajstić information content (AvgIpc) is 2.46. The van der Waals surface area contributed by atoms with Crippen molar-refractivity contribution in [3.05, 3.63) is 62.6 Å². The van der Waals surface area contributed by atoms with E-state index in [0.717, 1.165) is 6.07 Å². The molecule has 24 heavy (non-hydrogen) atoms. The Balaban J connectivity index is 2.27. The Morgan fingerprint density at radius 1 is 1.08 bits per heavy atom. The van der Waals surface area contributed by atoms with E-state index in [1.165, 1.54) is 12.1 Å². The first-order chi connectivity index (χ1) is 11.1. The number of sulfonamides is 1. The van der Waals surface area contributed by atoms with Crippen LogP contribution < -0.4 is 10.5 Å². The van der Waals surface area contributed by atoms with Crippen molar-refractivity contribution >= 4 is 50.7 Å². The second-order valence-corrected chi connectivity index (χ2v) is 7.83. The molecular formula is C15H13Cl3N2O3S. The van der Waals surface area contributed by atoms with E-state index >= 15 is 0 Å². The van der Waals surface area contributed by atoms with Crippen molar-refractivity contribution in [1.29, 1.82) is 0 Å². The fraction of sp³-hybridized carbons (Fsp3) is 0.133. The Labute approximate surface area is 154 Å². The predicted molar refractivity (Wildman–Crippen MR) is 95.2 cm³/mol. The Bertz CT molecular complexity index is 901. The molecule has 0 saturated heterocycles. The number of carbonyl (C=O) groups excluding carboxylic acids is 1. The standard InChI is InChI=1S/C15H13Cl3N2O3S/c1-8(11-4-3-10(16)7-13(11)18)20-15(21)9-2-5-12(17)14(6-9)24(19,22)23/h2-8H,1H3,(H,20,21)(H2,19,22,23). The molecule has 2 aromatic rings. The summed E-state index contributed by atoms with van der Waals surface area (Å²) in [6.07, 6.45) is 0. The highest BCUT2D eigenvalue weighted by Crippen LogP contribution is 2.27. The number of nitrogens with two attached hydrogens (primary N) is 1. The van der Waals surface area contributed by atoms with Crippen molar-refractivity contribution in [2.75, 3.05) is 0 Å². The molecule has 128 valence electrons. The molecule has 0 aliphatic heterocycles. The Morgan fingerprint density at radius 2 is 1.75 bits per heavy atom. The lowest BCUT2D eigenvalue weighted by Crippen LogP contribution is -2.27. The van der Waals surface area contributed by atoms with Crippen molar-refractivity contribution in [2.45, 2.75) is 17.9 Å². The summed E-state index contributed by atoms with van der Waals surface area (Å²) in [5.41, 5.74) is 0.787. The number of amides is 1. The fourth-order valence-electron chi connectivity index (χ4n) is 2.07. The molecule has 0 saturated carbocycles. The van der Waals surface area contributed by atoms with Crippen LogP contribution in [0.5, 0.6) is 0 Å². The van der Waals surface area contributed by atoms with Crippen LogP contribution >= 0.6 is 34.8 Å². The molecule has 0 spiro atoms. The van der Waals surface area contributed by atoms with Gasteiger partial charge in [0.1, 0.15) is 4.90 Å². The van der Waals surface area contributed by atoms with Gasteiger partial charge in [0.2, 0.25) is 10.0 Å². The minimum absolute atomic E-state index is 0.0529. The molecule has 0 aliphatic rings. The predicted octanol–water partition coefficient (Wildman–Crippen LogP) is 3.79. The van der Waals surface area contributed by atoms with E-state index in [9.17, 15) is 13.2 Å². The van der Waals surface area contributed by atoms with Crippen LogP contribution in [0.25, 0.3) is 0 Å². The molecular weight excluding hydrogens is 395 g/mol. The lowest BCUT2D eigenvalue weighted by molar-refractivity contribution is 0.0939. The van der Waals surface area contributed by atoms with Gasteiger partial charge in [-0.3, -0.25) is 4.79 Å². The van der Waals surface area contributed by atoms with Crippen LogP contribution in [0, 0.1) is 0 Å². The van der Waals surface area contributed by atoms with Crippen molar-refractivity contribution in [3.8, 4) is 0 Å². The van der Waals surface area contributed by atoms with Gasteiger partial charge in [-0.1, -0.05) is 40.9 Å². The van der Waals surface area contributed by atoms with Gasteiger partial charge in [0.05, 0.1) is 11.1 Å². The van der Waals surface area contributed by atoms with E-state index in [-0.39, 0.29) is 15.5 Å². The summed E-state index contributed by atoms with van der Waals surface area (Å²) < 4.78 is 23.0. The molecule has 1 amide bonds. The quantitative estimate of drug-likeness (QED) is 0.808. The van der Waals surface area contributed by atoms with Gasteiger partial charge in [-0.25, -0.2) is 13.6 Å². The first-order valence-electron chi connectivity index (χ1n) is 6.67. The van der Waals surface area contributed by atoms with E-state index in [1.54, 1.807) is 25.1 Å². The summed E-state index contributed by atoms with van der Waals surface area (Å²) in [6.45, 7) is 1.74. The van der Waals surface area contributed by atoms with Gasteiger partial charge < -0.3 is 5.32 Å². The summed E-state index contributed by atoms with van der Waals surface area (Å²) >= 11 is 17.8. The normalized spacial score (nSPS) is 12.7. The lowest BCUT2D eigenvalue weighted by Gasteiger charge is -2.16. The highest BCUT2D eigenvalue weighted by molar-refractivity contribution is 7.89. The number of hydrogen-bond acceptors (Lipinski definition) is 3. The molecule has 9 heteroatoms. The Kier molecular flexibility index (Phi) is 5.78. The van der Waals surface area contributed by atoms with Crippen molar-refractivity contribution in [2.24, 2.45) is 5.14 Å². The molecule has 5 nitrogen and oxygen atoms in total. The maximum absolute atomic E-state index is 12.3. The molecule has 0 aliphatic carbocycles. The van der Waals surface area contributed by atoms with Gasteiger partial charge >= 0.3 is 0 Å². The first-order valence-corrected chi connectivity index (χ1v) is 9.36. The van der Waals surface area contributed by atoms with Gasteiger partial charge in [0, 0.05) is 15.6 Å². The van der Waals surface area contributed by atoms with E-state index in [1.807, 2.05) is 0 Å². The van der Waals surface area contributed by atoms with Gasteiger partial charge in [-0.15, -0.1) is 0 Å². The third-order valence-electron chi connectivity index (χ3n) is 3.28. The highest BCUT2D eigenvalue weighted by atomic mass is 35.5. The van der Waals surface area contributed by atoms with Crippen LogP contribution in [0.2, 0.25) is 15.1 Å². The van der Waals surface area contributed by atoms with Crippen molar-refractivity contribution in [3.63, 3.8) is 0 Å². The van der Waals surface area contributed by atoms with E-state index in [2.05, 4.69) is 5.32 Å². The molecule has 2 aromatic carbocycles. The number of nitrogens with one attached hydrogen (secondary N) is 1. The Hall–Kier alpha value is -1.31. The zero-order valence-electron chi connectivity index (χ0n) is 12.4. The molecule has 2 rings (SSSR count). The first kappa shape index (κ1) is 19.0. The molecule has 0 radical (unpaired) electrons. The third-order valence-corrected chi connectivity index (χ3v) is 5.23. The number of primary sulfonamides is 1. The number of carbonyl (C=O) groups is 1. The van der Waals surface area contributed by atoms with Gasteiger partial charge in [-0.05, 0) is 42.8 Å². The fourth-order valence-corrected chi connectivity index (χ4v) is 3.72. The lowest BCUT2D eigenvalue weighted by atomic mass is 10.1. The van der Waals surface area contributed by atoms with Crippen LogP contribution in [0.4, 0.5) is 0 Å². The van der Waals surface area contributed by atoms with E-state index < -0.39 is 22.0 Å². The largest absolute Gasteiger partial charge is 0.345 e. The number of rotatable bonds is 4. The summed E-state index contributed by atoms with van der Waals surface area (Å²) in [4.78, 5) is 12.0. The highest BCUT2D eigenvalue weighted by Gasteiger charge is 2.18.